The molecule has 0 aliphatic rings. The molecular formula is CH3O2Ti-. The molecule has 0 N–H and O–H groups in total. The van der Waals surface area contributed by atoms with Crippen LogP contribution in [0.25, 0.3) is 0 Å². The fraction of sp³-hybridized carbons (Fsp3) is 0. The van der Waals surface area contributed by atoms with Crippen molar-refractivity contribution in [2.24, 2.45) is 0 Å². The Morgan fingerprint density at radius 3 is 1.25 bits per heavy atom. The molecule has 0 rings (SSSR count). The normalized spacial score (nSPS) is 2.00. The second-order valence-corrected chi connectivity index (χ2v) is 0.344. The van der Waals surface area contributed by atoms with Crippen LogP contribution < -0.4 is 0 Å². The Hall–Kier alpha value is 0.314. The van der Waals surface area contributed by atoms with Crippen LogP contribution in [0.1, 0.15) is 0 Å². The molecule has 3 heteroatoms. The Balaban J connectivity index is 0. The van der Waals surface area contributed by atoms with E-state index in [1.807, 2.05) is 0 Å². The van der Waals surface area contributed by atoms with Gasteiger partial charge in [-0.15, -0.1) is 0 Å². The van der Waals surface area contributed by atoms with Crippen LogP contribution >= 0.6 is 0 Å². The minimum absolute atomic E-state index is 0. The van der Waals surface area contributed by atoms with Crippen LogP contribution in [0.15, 0.2) is 0 Å². The van der Waals surface area contributed by atoms with Gasteiger partial charge in [0, 0.05) is 0 Å². The number of hydrogen-bond donors (Lipinski definition) is 0. The summed E-state index contributed by atoms with van der Waals surface area (Å²) in [5.41, 5.74) is 0. The van der Waals surface area contributed by atoms with Crippen LogP contribution in [0, 0.1) is 7.43 Å². The molecule has 4 heavy (non-hydrogen) atoms. The monoisotopic (exact) mass is 95.0 g/mol. The maximum absolute atomic E-state index is 8.50. The Labute approximate surface area is 33.8 Å². The van der Waals surface area contributed by atoms with Gasteiger partial charge in [0.1, 0.15) is 0 Å². The van der Waals surface area contributed by atoms with Crippen LogP contribution in [0.4, 0.5) is 0 Å². The van der Waals surface area contributed by atoms with Crippen molar-refractivity contribution >= 4 is 0 Å². The van der Waals surface area contributed by atoms with Crippen molar-refractivity contribution in [1.82, 2.24) is 0 Å². The summed E-state index contributed by atoms with van der Waals surface area (Å²) < 4.78 is 17.0. The van der Waals surface area contributed by atoms with Gasteiger partial charge in [0.2, 0.25) is 0 Å². The number of rotatable bonds is 0. The molecule has 0 heterocycles. The van der Waals surface area contributed by atoms with Crippen molar-refractivity contribution < 1.29 is 25.7 Å². The molecule has 0 bridgehead atoms. The Bertz CT molecular complexity index is 27.0. The fourth-order valence-corrected chi connectivity index (χ4v) is 0. The average Bonchev–Trinajstić information content (AvgIpc) is 0.918. The van der Waals surface area contributed by atoms with Crippen molar-refractivity contribution in [2.75, 3.05) is 0 Å². The molecule has 0 aromatic carbocycles. The van der Waals surface area contributed by atoms with Crippen LogP contribution in [-0.4, -0.2) is 0 Å². The maximum atomic E-state index is 8.50. The van der Waals surface area contributed by atoms with Gasteiger partial charge in [0.25, 0.3) is 0 Å². The second kappa shape index (κ2) is 10.3. The van der Waals surface area contributed by atoms with E-state index in [1.165, 1.54) is 0 Å². The zero-order valence-corrected chi connectivity index (χ0v) is 3.88. The minimum atomic E-state index is -2.00. The van der Waals surface area contributed by atoms with Crippen molar-refractivity contribution in [3.8, 4) is 0 Å². The van der Waals surface area contributed by atoms with Crippen molar-refractivity contribution in [3.05, 3.63) is 7.43 Å². The predicted octanol–water partition coefficient (Wildman–Crippen LogP) is 0.210. The average molecular weight is 94.9 g/mol. The van der Waals surface area contributed by atoms with Gasteiger partial charge in [-0.1, -0.05) is 0 Å². The second-order valence-electron chi connectivity index (χ2n) is 0.0833. The molecule has 2 nitrogen and oxygen atoms in total. The van der Waals surface area contributed by atoms with Gasteiger partial charge in [-0.05, 0) is 0 Å². The van der Waals surface area contributed by atoms with Crippen molar-refractivity contribution in [3.63, 3.8) is 0 Å². The molecule has 0 atom stereocenters. The summed E-state index contributed by atoms with van der Waals surface area (Å²) in [7, 11) is 0. The quantitative estimate of drug-likeness (QED) is 0.318. The first-order valence-corrected chi connectivity index (χ1v) is 1.68. The molecule has 0 aliphatic heterocycles. The molecule has 0 aliphatic carbocycles. The zero-order chi connectivity index (χ0) is 2.71. The molecule has 0 aromatic heterocycles. The van der Waals surface area contributed by atoms with Crippen LogP contribution in [0.3, 0.4) is 0 Å². The van der Waals surface area contributed by atoms with E-state index in [0.29, 0.717) is 0 Å². The molecule has 0 saturated carbocycles. The van der Waals surface area contributed by atoms with Gasteiger partial charge in [-0.25, -0.2) is 0 Å². The Morgan fingerprint density at radius 2 is 1.25 bits per heavy atom. The summed E-state index contributed by atoms with van der Waals surface area (Å²) in [5.74, 6) is 0. The van der Waals surface area contributed by atoms with Gasteiger partial charge in [0.15, 0.2) is 0 Å². The van der Waals surface area contributed by atoms with Gasteiger partial charge < -0.3 is 7.43 Å². The third-order valence-corrected chi connectivity index (χ3v) is 0. The van der Waals surface area contributed by atoms with Gasteiger partial charge in [0.05, 0.1) is 0 Å². The first-order chi connectivity index (χ1) is 1.41. The first-order valence-electron chi connectivity index (χ1n) is 0.408. The van der Waals surface area contributed by atoms with E-state index in [9.17, 15) is 0 Å². The molecular weight excluding hydrogens is 91.9 g/mol. The zero-order valence-electron chi connectivity index (χ0n) is 2.32. The van der Waals surface area contributed by atoms with E-state index < -0.39 is 19.1 Å². The molecule has 0 saturated heterocycles. The van der Waals surface area contributed by atoms with E-state index >= 15 is 0 Å². The van der Waals surface area contributed by atoms with Crippen molar-refractivity contribution in [2.45, 2.75) is 0 Å². The molecule has 0 fully saturated rings. The molecule has 0 amide bonds. The predicted molar refractivity (Wildman–Crippen MR) is 7.79 cm³/mol. The molecule has 0 aromatic rings. The fourth-order valence-electron chi connectivity index (χ4n) is 0. The first kappa shape index (κ1) is 8.85. The summed E-state index contributed by atoms with van der Waals surface area (Å²) in [4.78, 5) is 0. The summed E-state index contributed by atoms with van der Waals surface area (Å²) in [6.07, 6.45) is 0. The van der Waals surface area contributed by atoms with Crippen LogP contribution in [0.5, 0.6) is 0 Å². The van der Waals surface area contributed by atoms with Crippen molar-refractivity contribution in [1.29, 1.82) is 0 Å². The number of hydrogen-bond acceptors (Lipinski definition) is 2. The molecule has 0 unspecified atom stereocenters. The third kappa shape index (κ3) is 40.5. The summed E-state index contributed by atoms with van der Waals surface area (Å²) in [6.45, 7) is 0. The molecule has 24 valence electrons. The van der Waals surface area contributed by atoms with E-state index in [-0.39, 0.29) is 7.43 Å². The van der Waals surface area contributed by atoms with E-state index in [4.69, 9.17) is 6.65 Å². The SMILES string of the molecule is [CH3-].[O]=[Ti]=[O]. The van der Waals surface area contributed by atoms with Gasteiger partial charge in [-0.2, -0.15) is 0 Å². The topological polar surface area (TPSA) is 34.1 Å². The van der Waals surface area contributed by atoms with E-state index in [1.54, 1.807) is 0 Å². The summed E-state index contributed by atoms with van der Waals surface area (Å²) in [6, 6.07) is 0. The Kier molecular flexibility index (Phi) is 22.7. The third-order valence-electron chi connectivity index (χ3n) is 0. The standard InChI is InChI=1S/CH3.2O.Ti/h1H3;;;/q-1;;;. The summed E-state index contributed by atoms with van der Waals surface area (Å²) in [5, 5.41) is 0. The molecule has 0 radical (unpaired) electrons. The molecule has 0 spiro atoms. The van der Waals surface area contributed by atoms with Crippen LogP contribution in [-0.2, 0) is 25.7 Å². The van der Waals surface area contributed by atoms with Crippen LogP contribution in [0.2, 0.25) is 0 Å². The van der Waals surface area contributed by atoms with E-state index in [2.05, 4.69) is 0 Å². The Morgan fingerprint density at radius 1 is 1.25 bits per heavy atom. The van der Waals surface area contributed by atoms with Gasteiger partial charge in [-0.3, -0.25) is 0 Å². The summed E-state index contributed by atoms with van der Waals surface area (Å²) >= 11 is -2.00. The van der Waals surface area contributed by atoms with E-state index in [0.717, 1.165) is 0 Å². The van der Waals surface area contributed by atoms with Gasteiger partial charge >= 0.3 is 25.7 Å².